The number of hydrogen-bond donors (Lipinski definition) is 0. The third-order valence-electron chi connectivity index (χ3n) is 2.70. The fourth-order valence-electron chi connectivity index (χ4n) is 1.69. The molecule has 2 aromatic rings. The molecule has 0 fully saturated rings. The maximum Gasteiger partial charge on any atom is 0.192 e. The topological polar surface area (TPSA) is 34.1 Å². The Morgan fingerprint density at radius 1 is 0.684 bits per heavy atom. The quantitative estimate of drug-likeness (QED) is 0.789. The van der Waals surface area contributed by atoms with Crippen molar-refractivity contribution in [3.05, 3.63) is 71.8 Å². The van der Waals surface area contributed by atoms with Crippen molar-refractivity contribution < 1.29 is 8.42 Å². The summed E-state index contributed by atoms with van der Waals surface area (Å²) in [6.45, 7) is 0. The van der Waals surface area contributed by atoms with E-state index in [9.17, 15) is 8.42 Å². The fourth-order valence-corrected chi connectivity index (χ4v) is 4.04. The molecule has 2 nitrogen and oxygen atoms in total. The van der Waals surface area contributed by atoms with Gasteiger partial charge in [0.2, 0.25) is 0 Å². The molecule has 0 aliphatic heterocycles. The molecule has 2 rings (SSSR count). The average molecular weight is 315 g/mol. The zero-order valence-corrected chi connectivity index (χ0v) is 12.2. The molecular formula is C14H12Cl2O2S. The lowest BCUT2D eigenvalue weighted by Gasteiger charge is -2.16. The predicted molar refractivity (Wildman–Crippen MR) is 79.0 cm³/mol. The summed E-state index contributed by atoms with van der Waals surface area (Å²) in [6, 6.07) is 17.3. The van der Waals surface area contributed by atoms with Gasteiger partial charge in [0, 0.05) is 0 Å². The van der Waals surface area contributed by atoms with Crippen LogP contribution in [0.15, 0.2) is 60.7 Å². The van der Waals surface area contributed by atoms with Crippen LogP contribution in [-0.4, -0.2) is 8.42 Å². The Morgan fingerprint density at radius 2 is 1.00 bits per heavy atom. The fraction of sp³-hybridized carbons (Fsp3) is 0.143. The normalized spacial score (nSPS) is 14.8. The molecule has 0 radical (unpaired) electrons. The molecule has 0 N–H and O–H groups in total. The van der Waals surface area contributed by atoms with Gasteiger partial charge in [-0.15, -0.1) is 23.2 Å². The smallest absolute Gasteiger partial charge is 0.192 e. The van der Waals surface area contributed by atoms with E-state index in [0.717, 1.165) is 0 Å². The highest BCUT2D eigenvalue weighted by atomic mass is 35.5. The van der Waals surface area contributed by atoms with Crippen LogP contribution in [0.2, 0.25) is 0 Å². The summed E-state index contributed by atoms with van der Waals surface area (Å²) in [5, 5.41) is 0. The van der Waals surface area contributed by atoms with Gasteiger partial charge < -0.3 is 0 Å². The highest BCUT2D eigenvalue weighted by molar-refractivity contribution is 7.94. The van der Waals surface area contributed by atoms with E-state index in [0.29, 0.717) is 11.1 Å². The van der Waals surface area contributed by atoms with Crippen LogP contribution in [0.1, 0.15) is 20.5 Å². The van der Waals surface area contributed by atoms with Gasteiger partial charge >= 0.3 is 0 Å². The second-order valence-corrected chi connectivity index (χ2v) is 7.55. The van der Waals surface area contributed by atoms with Gasteiger partial charge in [-0.25, -0.2) is 8.42 Å². The Balaban J connectivity index is 2.33. The Labute approximate surface area is 122 Å². The number of benzene rings is 2. The van der Waals surface area contributed by atoms with Crippen molar-refractivity contribution >= 4 is 33.0 Å². The summed E-state index contributed by atoms with van der Waals surface area (Å²) >= 11 is 12.1. The molecule has 0 aliphatic carbocycles. The summed E-state index contributed by atoms with van der Waals surface area (Å²) in [7, 11) is -3.71. The van der Waals surface area contributed by atoms with Crippen LogP contribution in [0.3, 0.4) is 0 Å². The van der Waals surface area contributed by atoms with Crippen LogP contribution in [0.5, 0.6) is 0 Å². The van der Waals surface area contributed by atoms with Crippen LogP contribution >= 0.6 is 23.2 Å². The van der Waals surface area contributed by atoms with E-state index >= 15 is 0 Å². The van der Waals surface area contributed by atoms with E-state index in [1.54, 1.807) is 60.7 Å². The number of sulfone groups is 1. The molecule has 0 saturated carbocycles. The second-order valence-electron chi connectivity index (χ2n) is 4.04. The predicted octanol–water partition coefficient (Wildman–Crippen LogP) is 4.28. The molecular weight excluding hydrogens is 303 g/mol. The van der Waals surface area contributed by atoms with Crippen LogP contribution < -0.4 is 0 Å². The minimum absolute atomic E-state index is 0.519. The Hall–Kier alpha value is -1.03. The molecule has 19 heavy (non-hydrogen) atoms. The molecule has 0 saturated heterocycles. The van der Waals surface area contributed by atoms with Gasteiger partial charge in [-0.1, -0.05) is 60.7 Å². The third kappa shape index (κ3) is 3.11. The van der Waals surface area contributed by atoms with Gasteiger partial charge in [0.25, 0.3) is 0 Å². The van der Waals surface area contributed by atoms with Crippen molar-refractivity contribution in [1.82, 2.24) is 0 Å². The van der Waals surface area contributed by atoms with Crippen molar-refractivity contribution in [3.63, 3.8) is 0 Å². The maximum absolute atomic E-state index is 12.4. The van der Waals surface area contributed by atoms with E-state index in [1.165, 1.54) is 0 Å². The first-order valence-electron chi connectivity index (χ1n) is 5.64. The molecule has 0 aromatic heterocycles. The lowest BCUT2D eigenvalue weighted by Crippen LogP contribution is -2.14. The molecule has 0 spiro atoms. The number of alkyl halides is 2. The van der Waals surface area contributed by atoms with Gasteiger partial charge in [0.15, 0.2) is 19.3 Å². The van der Waals surface area contributed by atoms with Gasteiger partial charge in [0.1, 0.15) is 0 Å². The molecule has 100 valence electrons. The monoisotopic (exact) mass is 314 g/mol. The minimum Gasteiger partial charge on any atom is -0.225 e. The first kappa shape index (κ1) is 14.4. The average Bonchev–Trinajstić information content (AvgIpc) is 2.47. The molecule has 2 aromatic carbocycles. The van der Waals surface area contributed by atoms with Gasteiger partial charge in [-0.05, 0) is 11.1 Å². The number of hydrogen-bond acceptors (Lipinski definition) is 2. The van der Waals surface area contributed by atoms with Crippen LogP contribution in [0.4, 0.5) is 0 Å². The van der Waals surface area contributed by atoms with E-state index < -0.39 is 19.3 Å². The van der Waals surface area contributed by atoms with Crippen LogP contribution in [0.25, 0.3) is 0 Å². The SMILES string of the molecule is O=S(=O)(C(Cl)c1ccccc1)C(Cl)c1ccccc1. The van der Waals surface area contributed by atoms with Crippen molar-refractivity contribution in [2.75, 3.05) is 0 Å². The summed E-state index contributed by atoms with van der Waals surface area (Å²) in [6.07, 6.45) is 0. The number of halogens is 2. The number of rotatable bonds is 4. The molecule has 0 amide bonds. The highest BCUT2D eigenvalue weighted by Gasteiger charge is 2.33. The van der Waals surface area contributed by atoms with Crippen molar-refractivity contribution in [2.45, 2.75) is 9.42 Å². The standard InChI is InChI=1S/C14H12Cl2O2S/c15-13(11-7-3-1-4-8-11)19(17,18)14(16)12-9-5-2-6-10-12/h1-10,13-14H. The molecule has 2 unspecified atom stereocenters. The first-order valence-corrected chi connectivity index (χ1v) is 8.12. The molecule has 0 bridgehead atoms. The van der Waals surface area contributed by atoms with Crippen LogP contribution in [-0.2, 0) is 9.84 Å². The second kappa shape index (κ2) is 5.95. The third-order valence-corrected chi connectivity index (χ3v) is 6.39. The van der Waals surface area contributed by atoms with Gasteiger partial charge in [0.05, 0.1) is 0 Å². The van der Waals surface area contributed by atoms with E-state index in [1.807, 2.05) is 0 Å². The van der Waals surface area contributed by atoms with Gasteiger partial charge in [-0.3, -0.25) is 0 Å². The maximum atomic E-state index is 12.4. The molecule has 2 atom stereocenters. The zero-order chi connectivity index (χ0) is 13.9. The van der Waals surface area contributed by atoms with Crippen LogP contribution in [0, 0.1) is 0 Å². The first-order chi connectivity index (χ1) is 9.03. The van der Waals surface area contributed by atoms with E-state index in [4.69, 9.17) is 23.2 Å². The Bertz CT molecular complexity index is 576. The summed E-state index contributed by atoms with van der Waals surface area (Å²) in [5.74, 6) is 0. The Kier molecular flexibility index (Phi) is 4.50. The zero-order valence-electron chi connectivity index (χ0n) is 9.91. The van der Waals surface area contributed by atoms with E-state index in [-0.39, 0.29) is 0 Å². The molecule has 5 heteroatoms. The van der Waals surface area contributed by atoms with Crippen molar-refractivity contribution in [1.29, 1.82) is 0 Å². The van der Waals surface area contributed by atoms with Crippen molar-refractivity contribution in [3.8, 4) is 0 Å². The molecule has 0 heterocycles. The van der Waals surface area contributed by atoms with E-state index in [2.05, 4.69) is 0 Å². The van der Waals surface area contributed by atoms with Gasteiger partial charge in [-0.2, -0.15) is 0 Å². The highest BCUT2D eigenvalue weighted by Crippen LogP contribution is 2.38. The largest absolute Gasteiger partial charge is 0.225 e. The Morgan fingerprint density at radius 3 is 1.32 bits per heavy atom. The summed E-state index contributed by atoms with van der Waals surface area (Å²) < 4.78 is 22.4. The summed E-state index contributed by atoms with van der Waals surface area (Å²) in [4.78, 5) is 0. The van der Waals surface area contributed by atoms with Crippen molar-refractivity contribution in [2.24, 2.45) is 0 Å². The molecule has 0 aliphatic rings. The lowest BCUT2D eigenvalue weighted by atomic mass is 10.2. The lowest BCUT2D eigenvalue weighted by molar-refractivity contribution is 0.591. The summed E-state index contributed by atoms with van der Waals surface area (Å²) in [5.41, 5.74) is 1.04. The minimum atomic E-state index is -3.71.